The van der Waals surface area contributed by atoms with Crippen molar-refractivity contribution >= 4 is 0 Å². The van der Waals surface area contributed by atoms with Crippen LogP contribution in [0.1, 0.15) is 60.8 Å². The number of hydrogen-bond acceptors (Lipinski definition) is 1. The summed E-state index contributed by atoms with van der Waals surface area (Å²) < 4.78 is 5.93. The third-order valence-electron chi connectivity index (χ3n) is 4.25. The Morgan fingerprint density at radius 3 is 2.88 bits per heavy atom. The van der Waals surface area contributed by atoms with Gasteiger partial charge >= 0.3 is 0 Å². The number of rotatable bonds is 0. The van der Waals surface area contributed by atoms with Gasteiger partial charge in [0.1, 0.15) is 5.75 Å². The minimum absolute atomic E-state index is 0.577. The maximum absolute atomic E-state index is 5.93. The van der Waals surface area contributed by atoms with Crippen LogP contribution in [0.4, 0.5) is 0 Å². The van der Waals surface area contributed by atoms with Gasteiger partial charge in [0.15, 0.2) is 0 Å². The Kier molecular flexibility index (Phi) is 2.24. The van der Waals surface area contributed by atoms with Gasteiger partial charge in [-0.05, 0) is 43.2 Å². The van der Waals surface area contributed by atoms with Crippen molar-refractivity contribution in [3.63, 3.8) is 0 Å². The third kappa shape index (κ3) is 1.30. The van der Waals surface area contributed by atoms with Crippen LogP contribution in [0.15, 0.2) is 6.07 Å². The van der Waals surface area contributed by atoms with Gasteiger partial charge in [-0.3, -0.25) is 0 Å². The first kappa shape index (κ1) is 10.2. The van der Waals surface area contributed by atoms with Crippen LogP contribution in [0, 0.1) is 6.92 Å². The summed E-state index contributed by atoms with van der Waals surface area (Å²) in [6.45, 7) is 7.76. The van der Waals surface area contributed by atoms with Gasteiger partial charge in [0.05, 0.1) is 6.61 Å². The largest absolute Gasteiger partial charge is 0.492 e. The lowest BCUT2D eigenvalue weighted by atomic mass is 9.79. The van der Waals surface area contributed by atoms with E-state index >= 15 is 0 Å². The topological polar surface area (TPSA) is 9.23 Å². The van der Waals surface area contributed by atoms with E-state index in [0.717, 1.165) is 6.61 Å². The molecule has 1 heteroatoms. The van der Waals surface area contributed by atoms with E-state index in [2.05, 4.69) is 26.8 Å². The van der Waals surface area contributed by atoms with Crippen molar-refractivity contribution in [2.45, 2.75) is 51.9 Å². The Balaban J connectivity index is 2.25. The van der Waals surface area contributed by atoms with Gasteiger partial charge in [0, 0.05) is 17.0 Å². The summed E-state index contributed by atoms with van der Waals surface area (Å²) in [5, 5.41) is 0. The average Bonchev–Trinajstić information content (AvgIpc) is 2.61. The van der Waals surface area contributed by atoms with E-state index in [-0.39, 0.29) is 0 Å². The van der Waals surface area contributed by atoms with Gasteiger partial charge < -0.3 is 4.74 Å². The molecule has 1 aliphatic heterocycles. The van der Waals surface area contributed by atoms with Crippen molar-refractivity contribution in [2.75, 3.05) is 6.61 Å². The normalized spacial score (nSPS) is 27.2. The van der Waals surface area contributed by atoms with Crippen LogP contribution in [0.2, 0.25) is 0 Å². The minimum Gasteiger partial charge on any atom is -0.492 e. The molecule has 2 aliphatic rings. The molecule has 2 atom stereocenters. The lowest BCUT2D eigenvalue weighted by molar-refractivity contribution is 0.331. The van der Waals surface area contributed by atoms with Crippen LogP contribution < -0.4 is 4.74 Å². The van der Waals surface area contributed by atoms with Crippen molar-refractivity contribution in [3.05, 3.63) is 28.3 Å². The second-order valence-electron chi connectivity index (χ2n) is 5.51. The maximum Gasteiger partial charge on any atom is 0.126 e. The lowest BCUT2D eigenvalue weighted by Gasteiger charge is -2.26. The lowest BCUT2D eigenvalue weighted by Crippen LogP contribution is -2.10. The predicted molar refractivity (Wildman–Crippen MR) is 66.4 cm³/mol. The van der Waals surface area contributed by atoms with Gasteiger partial charge in [-0.15, -0.1) is 0 Å². The molecule has 0 saturated heterocycles. The summed E-state index contributed by atoms with van der Waals surface area (Å²) in [7, 11) is 0. The summed E-state index contributed by atoms with van der Waals surface area (Å²) >= 11 is 0. The van der Waals surface area contributed by atoms with Crippen molar-refractivity contribution in [3.8, 4) is 5.75 Å². The van der Waals surface area contributed by atoms with E-state index in [9.17, 15) is 0 Å². The Labute approximate surface area is 97.8 Å². The van der Waals surface area contributed by atoms with Gasteiger partial charge in [-0.25, -0.2) is 0 Å². The first-order chi connectivity index (χ1) is 7.68. The molecule has 0 aromatic heterocycles. The Hall–Kier alpha value is -0.980. The fraction of sp³-hybridized carbons (Fsp3) is 0.600. The molecule has 1 nitrogen and oxygen atoms in total. The summed E-state index contributed by atoms with van der Waals surface area (Å²) in [5.74, 6) is 2.50. The molecule has 1 heterocycles. The van der Waals surface area contributed by atoms with Crippen LogP contribution in [-0.2, 0) is 6.42 Å². The first-order valence-corrected chi connectivity index (χ1v) is 6.47. The highest BCUT2D eigenvalue weighted by Gasteiger charge is 2.30. The predicted octanol–water partition coefficient (Wildman–Crippen LogP) is 3.93. The summed E-state index contributed by atoms with van der Waals surface area (Å²) in [5.41, 5.74) is 6.04. The maximum atomic E-state index is 5.93. The Morgan fingerprint density at radius 2 is 2.06 bits per heavy atom. The standard InChI is InChI=1S/C15H20O/c1-9-5-4-6-12-10(2)7-13-11(3)8-16-15(13)14(9)12/h7,9,11H,4-6,8H2,1-3H3. The van der Waals surface area contributed by atoms with Crippen LogP contribution >= 0.6 is 0 Å². The molecule has 0 fully saturated rings. The van der Waals surface area contributed by atoms with Crippen LogP contribution in [0.3, 0.4) is 0 Å². The van der Waals surface area contributed by atoms with E-state index in [1.165, 1.54) is 41.7 Å². The fourth-order valence-corrected chi connectivity index (χ4v) is 3.30. The Bertz CT molecular complexity index is 434. The van der Waals surface area contributed by atoms with E-state index in [4.69, 9.17) is 4.74 Å². The number of ether oxygens (including phenoxy) is 1. The molecule has 0 amide bonds. The quantitative estimate of drug-likeness (QED) is 0.638. The molecular formula is C15H20O. The third-order valence-corrected chi connectivity index (χ3v) is 4.25. The van der Waals surface area contributed by atoms with Crippen LogP contribution in [0.25, 0.3) is 0 Å². The molecular weight excluding hydrogens is 196 g/mol. The number of benzene rings is 1. The second-order valence-corrected chi connectivity index (χ2v) is 5.51. The van der Waals surface area contributed by atoms with Gasteiger partial charge in [-0.1, -0.05) is 19.9 Å². The van der Waals surface area contributed by atoms with E-state index < -0.39 is 0 Å². The molecule has 3 rings (SSSR count). The SMILES string of the molecule is Cc1cc2c(c3c1CCCC3C)OCC2C. The van der Waals surface area contributed by atoms with Gasteiger partial charge in [0.25, 0.3) is 0 Å². The van der Waals surface area contributed by atoms with Crippen molar-refractivity contribution < 1.29 is 4.74 Å². The number of hydrogen-bond donors (Lipinski definition) is 0. The van der Waals surface area contributed by atoms with Crippen LogP contribution in [-0.4, -0.2) is 6.61 Å². The molecule has 0 radical (unpaired) electrons. The molecule has 1 aliphatic carbocycles. The molecule has 0 saturated carbocycles. The van der Waals surface area contributed by atoms with Crippen LogP contribution in [0.5, 0.6) is 5.75 Å². The Morgan fingerprint density at radius 1 is 1.25 bits per heavy atom. The molecule has 0 spiro atoms. The molecule has 16 heavy (non-hydrogen) atoms. The van der Waals surface area contributed by atoms with Gasteiger partial charge in [0.2, 0.25) is 0 Å². The second kappa shape index (κ2) is 3.51. The highest BCUT2D eigenvalue weighted by Crippen LogP contribution is 2.46. The first-order valence-electron chi connectivity index (χ1n) is 6.47. The zero-order valence-corrected chi connectivity index (χ0v) is 10.5. The van der Waals surface area contributed by atoms with Gasteiger partial charge in [-0.2, -0.15) is 0 Å². The monoisotopic (exact) mass is 216 g/mol. The minimum atomic E-state index is 0.577. The molecule has 0 bridgehead atoms. The highest BCUT2D eigenvalue weighted by atomic mass is 16.5. The van der Waals surface area contributed by atoms with Crippen molar-refractivity contribution in [2.24, 2.45) is 0 Å². The van der Waals surface area contributed by atoms with E-state index in [1.54, 1.807) is 5.56 Å². The van der Waals surface area contributed by atoms with Crippen molar-refractivity contribution in [1.29, 1.82) is 0 Å². The summed E-state index contributed by atoms with van der Waals surface area (Å²) in [6.07, 6.45) is 3.90. The molecule has 1 aromatic rings. The summed E-state index contributed by atoms with van der Waals surface area (Å²) in [6, 6.07) is 2.36. The van der Waals surface area contributed by atoms with Crippen molar-refractivity contribution in [1.82, 2.24) is 0 Å². The highest BCUT2D eigenvalue weighted by molar-refractivity contribution is 5.55. The zero-order chi connectivity index (χ0) is 11.3. The fourth-order valence-electron chi connectivity index (χ4n) is 3.30. The zero-order valence-electron chi connectivity index (χ0n) is 10.5. The number of aryl methyl sites for hydroxylation is 1. The summed E-state index contributed by atoms with van der Waals surface area (Å²) in [4.78, 5) is 0. The smallest absolute Gasteiger partial charge is 0.126 e. The molecule has 86 valence electrons. The number of fused-ring (bicyclic) bond motifs is 3. The van der Waals surface area contributed by atoms with E-state index in [0.29, 0.717) is 11.8 Å². The molecule has 0 N–H and O–H groups in total. The average molecular weight is 216 g/mol. The van der Waals surface area contributed by atoms with E-state index in [1.807, 2.05) is 0 Å². The molecule has 1 aromatic carbocycles. The molecule has 2 unspecified atom stereocenters.